The summed E-state index contributed by atoms with van der Waals surface area (Å²) >= 11 is 0. The average molecular weight is 423 g/mol. The largest absolute Gasteiger partial charge is 0.179 e. The van der Waals surface area contributed by atoms with Crippen molar-refractivity contribution in [3.8, 4) is 0 Å². The lowest BCUT2D eigenvalue weighted by Gasteiger charge is -2.36. The Kier molecular flexibility index (Phi) is 5.63. The van der Waals surface area contributed by atoms with Gasteiger partial charge in [-0.2, -0.15) is 0 Å². The van der Waals surface area contributed by atoms with E-state index in [1.54, 1.807) is 0 Å². The van der Waals surface area contributed by atoms with Crippen LogP contribution in [0.3, 0.4) is 0 Å². The van der Waals surface area contributed by atoms with Gasteiger partial charge >= 0.3 is 0 Å². The minimum atomic E-state index is -2.41. The van der Waals surface area contributed by atoms with Crippen molar-refractivity contribution in [1.29, 1.82) is 0 Å². The SMILES string of the molecule is Cc1ccccc1[Si](c1ccccc1)(c1ccccc1)c1ccc([Si](C)(C)C)cc1. The molecule has 0 fully saturated rings. The van der Waals surface area contributed by atoms with Crippen LogP contribution >= 0.6 is 0 Å². The molecule has 0 saturated carbocycles. The molecule has 0 amide bonds. The Morgan fingerprint density at radius 1 is 0.433 bits per heavy atom. The molecule has 0 heterocycles. The monoisotopic (exact) mass is 422 g/mol. The van der Waals surface area contributed by atoms with Crippen LogP contribution in [0.5, 0.6) is 0 Å². The lowest BCUT2D eigenvalue weighted by Crippen LogP contribution is -2.75. The van der Waals surface area contributed by atoms with Gasteiger partial charge in [-0.25, -0.2) is 0 Å². The fraction of sp³-hybridized carbons (Fsp3) is 0.143. The van der Waals surface area contributed by atoms with Gasteiger partial charge in [0.05, 0.1) is 8.07 Å². The molecule has 0 spiro atoms. The van der Waals surface area contributed by atoms with E-state index in [9.17, 15) is 0 Å². The molecule has 0 aliphatic carbocycles. The molecular formula is C28H30Si2. The maximum Gasteiger partial charge on any atom is 0.179 e. The molecular weight excluding hydrogens is 392 g/mol. The highest BCUT2D eigenvalue weighted by Crippen LogP contribution is 2.12. The molecule has 4 aromatic rings. The van der Waals surface area contributed by atoms with E-state index in [0.717, 1.165) is 0 Å². The van der Waals surface area contributed by atoms with E-state index in [1.807, 2.05) is 0 Å². The minimum Gasteiger partial charge on any atom is -0.0656 e. The van der Waals surface area contributed by atoms with Crippen LogP contribution in [0.4, 0.5) is 0 Å². The van der Waals surface area contributed by atoms with Gasteiger partial charge in [0.15, 0.2) is 8.07 Å². The highest BCUT2D eigenvalue weighted by Gasteiger charge is 2.42. The second kappa shape index (κ2) is 8.21. The van der Waals surface area contributed by atoms with Crippen molar-refractivity contribution >= 4 is 42.1 Å². The molecule has 30 heavy (non-hydrogen) atoms. The smallest absolute Gasteiger partial charge is 0.0656 e. The highest BCUT2D eigenvalue weighted by atomic mass is 28.3. The van der Waals surface area contributed by atoms with Gasteiger partial charge < -0.3 is 0 Å². The summed E-state index contributed by atoms with van der Waals surface area (Å²) in [5.41, 5.74) is 1.37. The van der Waals surface area contributed by atoms with Crippen LogP contribution in [0.15, 0.2) is 109 Å². The van der Waals surface area contributed by atoms with Gasteiger partial charge in [-0.05, 0) is 27.7 Å². The van der Waals surface area contributed by atoms with Crippen molar-refractivity contribution < 1.29 is 0 Å². The first-order valence-electron chi connectivity index (χ1n) is 10.7. The van der Waals surface area contributed by atoms with Gasteiger partial charge in [-0.3, -0.25) is 0 Å². The Morgan fingerprint density at radius 2 is 0.833 bits per heavy atom. The molecule has 4 rings (SSSR count). The highest BCUT2D eigenvalue weighted by molar-refractivity contribution is 7.20. The van der Waals surface area contributed by atoms with Crippen LogP contribution in [0.2, 0.25) is 19.6 Å². The van der Waals surface area contributed by atoms with Gasteiger partial charge in [-0.1, -0.05) is 140 Å². The summed E-state index contributed by atoms with van der Waals surface area (Å²) in [4.78, 5) is 0. The quantitative estimate of drug-likeness (QED) is 0.338. The Hall–Kier alpha value is -2.69. The number of rotatable bonds is 5. The molecule has 2 heteroatoms. The average Bonchev–Trinajstić information content (AvgIpc) is 2.77. The van der Waals surface area contributed by atoms with E-state index in [4.69, 9.17) is 0 Å². The summed E-state index contributed by atoms with van der Waals surface area (Å²) in [5.74, 6) is 0. The number of hydrogen-bond acceptors (Lipinski definition) is 0. The van der Waals surface area contributed by atoms with E-state index < -0.39 is 16.1 Å². The fourth-order valence-corrected chi connectivity index (χ4v) is 10.7. The molecule has 150 valence electrons. The predicted molar refractivity (Wildman–Crippen MR) is 138 cm³/mol. The Morgan fingerprint density at radius 3 is 1.30 bits per heavy atom. The van der Waals surface area contributed by atoms with E-state index in [0.29, 0.717) is 0 Å². The van der Waals surface area contributed by atoms with Crippen molar-refractivity contribution in [3.63, 3.8) is 0 Å². The minimum absolute atomic E-state index is 1.35. The lowest BCUT2D eigenvalue weighted by molar-refractivity contribution is 1.50. The number of aryl methyl sites for hydroxylation is 1. The Balaban J connectivity index is 2.10. The van der Waals surface area contributed by atoms with Crippen molar-refractivity contribution in [2.24, 2.45) is 0 Å². The normalized spacial score (nSPS) is 12.0. The van der Waals surface area contributed by atoms with Crippen molar-refractivity contribution in [2.75, 3.05) is 0 Å². The van der Waals surface area contributed by atoms with E-state index in [-0.39, 0.29) is 0 Å². The third-order valence-electron chi connectivity index (χ3n) is 6.15. The Labute approximate surface area is 183 Å². The first-order valence-corrected chi connectivity index (χ1v) is 16.2. The first kappa shape index (κ1) is 20.6. The van der Waals surface area contributed by atoms with Crippen LogP contribution in [-0.4, -0.2) is 16.1 Å². The van der Waals surface area contributed by atoms with E-state index in [2.05, 4.69) is 136 Å². The summed E-state index contributed by atoms with van der Waals surface area (Å²) in [5, 5.41) is 7.32. The fourth-order valence-electron chi connectivity index (χ4n) is 4.56. The van der Waals surface area contributed by atoms with Gasteiger partial charge in [0, 0.05) is 0 Å². The van der Waals surface area contributed by atoms with Crippen LogP contribution in [0.25, 0.3) is 0 Å². The zero-order valence-corrected chi connectivity index (χ0v) is 20.4. The third-order valence-corrected chi connectivity index (χ3v) is 13.2. The maximum absolute atomic E-state index is 2.42. The van der Waals surface area contributed by atoms with Crippen LogP contribution in [0, 0.1) is 6.92 Å². The zero-order valence-electron chi connectivity index (χ0n) is 18.4. The summed E-state index contributed by atoms with van der Waals surface area (Å²) < 4.78 is 0. The molecule has 0 unspecified atom stereocenters. The van der Waals surface area contributed by atoms with Crippen molar-refractivity contribution in [2.45, 2.75) is 26.6 Å². The molecule has 0 aromatic heterocycles. The lowest BCUT2D eigenvalue weighted by atomic mass is 10.2. The van der Waals surface area contributed by atoms with Gasteiger partial charge in [0.2, 0.25) is 0 Å². The second-order valence-corrected chi connectivity index (χ2v) is 18.0. The topological polar surface area (TPSA) is 0 Å². The third kappa shape index (κ3) is 3.62. The zero-order chi connectivity index (χ0) is 21.2. The molecule has 0 saturated heterocycles. The molecule has 0 radical (unpaired) electrons. The summed E-state index contributed by atoms with van der Waals surface area (Å²) in [6, 6.07) is 40.9. The molecule has 0 bridgehead atoms. The second-order valence-electron chi connectivity index (χ2n) is 9.12. The molecule has 0 atom stereocenters. The summed E-state index contributed by atoms with van der Waals surface area (Å²) in [7, 11) is -3.76. The molecule has 0 aliphatic rings. The van der Waals surface area contributed by atoms with Gasteiger partial charge in [-0.15, -0.1) is 0 Å². The first-order chi connectivity index (χ1) is 14.4. The van der Waals surface area contributed by atoms with Gasteiger partial charge in [0.25, 0.3) is 0 Å². The maximum atomic E-state index is 2.42. The molecule has 4 aromatic carbocycles. The summed E-state index contributed by atoms with van der Waals surface area (Å²) in [6.07, 6.45) is 0. The molecule has 0 N–H and O–H groups in total. The predicted octanol–water partition coefficient (Wildman–Crippen LogP) is 3.92. The van der Waals surface area contributed by atoms with E-state index in [1.165, 1.54) is 31.5 Å². The van der Waals surface area contributed by atoms with Crippen LogP contribution in [0.1, 0.15) is 5.56 Å². The number of hydrogen-bond donors (Lipinski definition) is 0. The number of benzene rings is 4. The molecule has 0 aliphatic heterocycles. The molecule has 0 nitrogen and oxygen atoms in total. The summed E-state index contributed by atoms with van der Waals surface area (Å²) in [6.45, 7) is 9.52. The van der Waals surface area contributed by atoms with Crippen molar-refractivity contribution in [1.82, 2.24) is 0 Å². The standard InChI is InChI=1S/C28H30Si2/c1-23-13-11-12-18-28(23)30(25-14-7-5-8-15-25,26-16-9-6-10-17-26)27-21-19-24(20-22-27)29(2,3)4/h5-22H,1-4H3. The van der Waals surface area contributed by atoms with Crippen LogP contribution in [-0.2, 0) is 0 Å². The van der Waals surface area contributed by atoms with Crippen molar-refractivity contribution in [3.05, 3.63) is 115 Å². The Bertz CT molecular complexity index is 1070. The van der Waals surface area contributed by atoms with Gasteiger partial charge in [0.1, 0.15) is 0 Å². The van der Waals surface area contributed by atoms with E-state index >= 15 is 0 Å². The van der Waals surface area contributed by atoms with Crippen LogP contribution < -0.4 is 25.9 Å².